The molecule has 1 aromatic carbocycles. The van der Waals surface area contributed by atoms with E-state index in [2.05, 4.69) is 38.9 Å². The van der Waals surface area contributed by atoms with E-state index in [9.17, 15) is 0 Å². The van der Waals surface area contributed by atoms with E-state index in [1.165, 1.54) is 17.1 Å². The van der Waals surface area contributed by atoms with Gasteiger partial charge in [-0.2, -0.15) is 4.37 Å². The van der Waals surface area contributed by atoms with Crippen molar-refractivity contribution < 1.29 is 0 Å². The van der Waals surface area contributed by atoms with Crippen molar-refractivity contribution in [2.24, 2.45) is 0 Å². The monoisotopic (exact) mass is 296 g/mol. The zero-order chi connectivity index (χ0) is 14.5. The van der Waals surface area contributed by atoms with Gasteiger partial charge in [-0.1, -0.05) is 30.3 Å². The van der Waals surface area contributed by atoms with E-state index in [4.69, 9.17) is 5.73 Å². The average Bonchev–Trinajstić information content (AvgIpc) is 2.90. The lowest BCUT2D eigenvalue weighted by Gasteiger charge is -2.07. The van der Waals surface area contributed by atoms with Crippen LogP contribution in [0.1, 0.15) is 5.56 Å². The third-order valence-electron chi connectivity index (χ3n) is 3.23. The van der Waals surface area contributed by atoms with Crippen molar-refractivity contribution in [2.75, 3.05) is 17.6 Å². The molecule has 2 aromatic heterocycles. The predicted octanol–water partition coefficient (Wildman–Crippen LogP) is 3.44. The minimum atomic E-state index is 0.563. The first-order valence-corrected chi connectivity index (χ1v) is 7.55. The molecule has 0 fully saturated rings. The SMILES string of the molecule is Nc1nsc(NCCc2ccccc2)c1-c1ccncc1. The van der Waals surface area contributed by atoms with Crippen LogP contribution in [-0.2, 0) is 6.42 Å². The Bertz CT molecular complexity index is 695. The second kappa shape index (κ2) is 6.37. The van der Waals surface area contributed by atoms with Crippen molar-refractivity contribution in [2.45, 2.75) is 6.42 Å². The third-order valence-corrected chi connectivity index (χ3v) is 4.05. The highest BCUT2D eigenvalue weighted by Gasteiger charge is 2.13. The molecule has 0 unspecified atom stereocenters. The van der Waals surface area contributed by atoms with E-state index in [0.717, 1.165) is 29.1 Å². The van der Waals surface area contributed by atoms with Crippen molar-refractivity contribution in [1.82, 2.24) is 9.36 Å². The molecule has 0 saturated heterocycles. The van der Waals surface area contributed by atoms with Crippen LogP contribution in [0.15, 0.2) is 54.9 Å². The molecule has 106 valence electrons. The number of nitrogens with two attached hydrogens (primary N) is 1. The van der Waals surface area contributed by atoms with E-state index < -0.39 is 0 Å². The summed E-state index contributed by atoms with van der Waals surface area (Å²) in [6.07, 6.45) is 4.49. The molecule has 5 heteroatoms. The van der Waals surface area contributed by atoms with Crippen molar-refractivity contribution >= 4 is 22.4 Å². The fraction of sp³-hybridized carbons (Fsp3) is 0.125. The van der Waals surface area contributed by atoms with Crippen molar-refractivity contribution in [1.29, 1.82) is 0 Å². The molecule has 0 amide bonds. The predicted molar refractivity (Wildman–Crippen MR) is 88.4 cm³/mol. The van der Waals surface area contributed by atoms with Crippen molar-refractivity contribution in [3.63, 3.8) is 0 Å². The summed E-state index contributed by atoms with van der Waals surface area (Å²) in [5, 5.41) is 4.45. The molecule has 0 saturated carbocycles. The zero-order valence-electron chi connectivity index (χ0n) is 11.5. The molecule has 3 rings (SSSR count). The van der Waals surface area contributed by atoms with E-state index in [1.54, 1.807) is 12.4 Å². The molecule has 0 bridgehead atoms. The smallest absolute Gasteiger partial charge is 0.147 e. The number of hydrogen-bond acceptors (Lipinski definition) is 5. The van der Waals surface area contributed by atoms with Gasteiger partial charge in [0.2, 0.25) is 0 Å². The standard InChI is InChI=1S/C16H16N4S/c17-15-14(13-7-9-18-10-8-13)16(21-20-15)19-11-6-12-4-2-1-3-5-12/h1-5,7-10,19H,6,11H2,(H2,17,20). The fourth-order valence-electron chi connectivity index (χ4n) is 2.19. The quantitative estimate of drug-likeness (QED) is 0.757. The largest absolute Gasteiger partial charge is 0.382 e. The Kier molecular flexibility index (Phi) is 4.12. The van der Waals surface area contributed by atoms with Crippen LogP contribution in [0.4, 0.5) is 10.8 Å². The molecule has 0 atom stereocenters. The Morgan fingerprint density at radius 3 is 2.57 bits per heavy atom. The summed E-state index contributed by atoms with van der Waals surface area (Å²) in [5.74, 6) is 0.563. The molecule has 2 heterocycles. The van der Waals surface area contributed by atoms with E-state index in [1.807, 2.05) is 18.2 Å². The summed E-state index contributed by atoms with van der Waals surface area (Å²) in [4.78, 5) is 4.04. The highest BCUT2D eigenvalue weighted by atomic mass is 32.1. The number of nitrogen functional groups attached to an aromatic ring is 1. The molecular weight excluding hydrogens is 280 g/mol. The van der Waals surface area contributed by atoms with Crippen LogP contribution in [0.25, 0.3) is 11.1 Å². The first-order chi connectivity index (χ1) is 10.3. The Morgan fingerprint density at radius 2 is 1.81 bits per heavy atom. The Morgan fingerprint density at radius 1 is 1.05 bits per heavy atom. The lowest BCUT2D eigenvalue weighted by Crippen LogP contribution is -2.04. The van der Waals surface area contributed by atoms with Gasteiger partial charge >= 0.3 is 0 Å². The van der Waals surface area contributed by atoms with Gasteiger partial charge in [0.05, 0.1) is 5.56 Å². The van der Waals surface area contributed by atoms with Crippen LogP contribution in [-0.4, -0.2) is 15.9 Å². The second-order valence-electron chi connectivity index (χ2n) is 4.67. The number of pyridine rings is 1. The maximum atomic E-state index is 6.00. The van der Waals surface area contributed by atoms with E-state index in [0.29, 0.717) is 5.82 Å². The van der Waals surface area contributed by atoms with Gasteiger partial charge in [-0.15, -0.1) is 0 Å². The van der Waals surface area contributed by atoms with Gasteiger partial charge in [-0.25, -0.2) is 0 Å². The van der Waals surface area contributed by atoms with Gasteiger partial charge < -0.3 is 11.1 Å². The molecule has 4 nitrogen and oxygen atoms in total. The molecule has 0 aliphatic carbocycles. The molecule has 21 heavy (non-hydrogen) atoms. The molecule has 3 N–H and O–H groups in total. The molecule has 0 aliphatic rings. The topological polar surface area (TPSA) is 63.8 Å². The first-order valence-electron chi connectivity index (χ1n) is 6.78. The van der Waals surface area contributed by atoms with Crippen LogP contribution >= 0.6 is 11.5 Å². The van der Waals surface area contributed by atoms with Crippen LogP contribution < -0.4 is 11.1 Å². The second-order valence-corrected chi connectivity index (χ2v) is 5.44. The number of aromatic nitrogens is 2. The van der Waals surface area contributed by atoms with Crippen LogP contribution in [0.3, 0.4) is 0 Å². The molecule has 0 spiro atoms. The average molecular weight is 296 g/mol. The van der Waals surface area contributed by atoms with Gasteiger partial charge in [0, 0.05) is 18.9 Å². The van der Waals surface area contributed by atoms with Gasteiger partial charge in [-0.05, 0) is 41.2 Å². The Hall–Kier alpha value is -2.40. The minimum absolute atomic E-state index is 0.563. The van der Waals surface area contributed by atoms with Crippen molar-refractivity contribution in [3.05, 3.63) is 60.4 Å². The number of nitrogens with zero attached hydrogens (tertiary/aromatic N) is 2. The maximum absolute atomic E-state index is 6.00. The van der Waals surface area contributed by atoms with Crippen molar-refractivity contribution in [3.8, 4) is 11.1 Å². The number of hydrogen-bond donors (Lipinski definition) is 2. The summed E-state index contributed by atoms with van der Waals surface area (Å²) in [7, 11) is 0. The third kappa shape index (κ3) is 3.20. The van der Waals surface area contributed by atoms with Crippen LogP contribution in [0, 0.1) is 0 Å². The van der Waals surface area contributed by atoms with Gasteiger partial charge in [0.15, 0.2) is 0 Å². The lowest BCUT2D eigenvalue weighted by atomic mass is 10.1. The molecule has 0 aliphatic heterocycles. The summed E-state index contributed by atoms with van der Waals surface area (Å²) >= 11 is 1.40. The van der Waals surface area contributed by atoms with E-state index >= 15 is 0 Å². The first kappa shape index (κ1) is 13.6. The Balaban J connectivity index is 1.72. The van der Waals surface area contributed by atoms with Gasteiger partial charge in [-0.3, -0.25) is 4.98 Å². The summed E-state index contributed by atoms with van der Waals surface area (Å²) in [5.41, 5.74) is 9.32. The Labute approximate surface area is 127 Å². The minimum Gasteiger partial charge on any atom is -0.382 e. The highest BCUT2D eigenvalue weighted by molar-refractivity contribution is 7.11. The lowest BCUT2D eigenvalue weighted by molar-refractivity contribution is 1.03. The molecular formula is C16H16N4S. The number of benzene rings is 1. The zero-order valence-corrected chi connectivity index (χ0v) is 12.3. The fourth-order valence-corrected chi connectivity index (χ4v) is 2.95. The number of nitrogens with one attached hydrogen (secondary N) is 1. The van der Waals surface area contributed by atoms with E-state index in [-0.39, 0.29) is 0 Å². The summed E-state index contributed by atoms with van der Waals surface area (Å²) in [6, 6.07) is 14.3. The normalized spacial score (nSPS) is 10.5. The molecule has 0 radical (unpaired) electrons. The number of rotatable bonds is 5. The molecule has 3 aromatic rings. The highest BCUT2D eigenvalue weighted by Crippen LogP contribution is 2.36. The maximum Gasteiger partial charge on any atom is 0.147 e. The van der Waals surface area contributed by atoms with Gasteiger partial charge in [0.25, 0.3) is 0 Å². The van der Waals surface area contributed by atoms with Crippen LogP contribution in [0.2, 0.25) is 0 Å². The number of anilines is 2. The summed E-state index contributed by atoms with van der Waals surface area (Å²) < 4.78 is 4.26. The van der Waals surface area contributed by atoms with Gasteiger partial charge in [0.1, 0.15) is 10.8 Å². The summed E-state index contributed by atoms with van der Waals surface area (Å²) in [6.45, 7) is 0.851. The van der Waals surface area contributed by atoms with Crippen LogP contribution in [0.5, 0.6) is 0 Å².